The molecule has 5 fully saturated rings. The van der Waals surface area contributed by atoms with Gasteiger partial charge in [0.2, 0.25) is 0 Å². The molecule has 49 heavy (non-hydrogen) atoms. The quantitative estimate of drug-likeness (QED) is 0.170. The van der Waals surface area contributed by atoms with E-state index in [1.165, 1.54) is 17.7 Å². The lowest BCUT2D eigenvalue weighted by atomic mass is 9.48. The molecule has 6 atom stereocenters. The van der Waals surface area contributed by atoms with E-state index in [1.54, 1.807) is 0 Å². The van der Waals surface area contributed by atoms with Crippen molar-refractivity contribution in [3.63, 3.8) is 0 Å². The third-order valence-electron chi connectivity index (χ3n) is 12.0. The Balaban J connectivity index is 1.20. The van der Waals surface area contributed by atoms with E-state index in [4.69, 9.17) is 18.9 Å². The van der Waals surface area contributed by atoms with E-state index in [1.807, 2.05) is 0 Å². The Morgan fingerprint density at radius 3 is 2.02 bits per heavy atom. The molecule has 0 radical (unpaired) electrons. The SMILES string of the molecule is C[C@]12C[C@H](c3ccc(OS(=O)(=O)C(F)(F)C(F)(F)C(F)(F)C(F)(F)F)cc3)[C@H]3[C@@H](CC=C4CC5(CC[C@@H]43)OCCO5)[C@@H]1CCC21OCCO1. The van der Waals surface area contributed by atoms with E-state index in [2.05, 4.69) is 17.2 Å². The van der Waals surface area contributed by atoms with Crippen LogP contribution in [0.4, 0.5) is 39.5 Å². The summed E-state index contributed by atoms with van der Waals surface area (Å²) in [5.41, 5.74) is 1.42. The summed E-state index contributed by atoms with van der Waals surface area (Å²) in [6, 6.07) is 4.55. The molecule has 1 aromatic carbocycles. The van der Waals surface area contributed by atoms with Crippen molar-refractivity contribution >= 4 is 10.1 Å². The normalized spacial score (nSPS) is 34.4. The van der Waals surface area contributed by atoms with Gasteiger partial charge in [0, 0.05) is 24.7 Å². The fourth-order valence-electron chi connectivity index (χ4n) is 9.81. The second-order valence-corrected chi connectivity index (χ2v) is 15.9. The lowest BCUT2D eigenvalue weighted by Gasteiger charge is -2.58. The second-order valence-electron chi connectivity index (χ2n) is 14.3. The molecule has 0 bridgehead atoms. The molecule has 274 valence electrons. The van der Waals surface area contributed by atoms with Crippen molar-refractivity contribution < 1.29 is 71.1 Å². The molecular weight excluding hydrogens is 699 g/mol. The van der Waals surface area contributed by atoms with Crippen LogP contribution in [0.2, 0.25) is 0 Å². The van der Waals surface area contributed by atoms with Crippen molar-refractivity contribution in [3.8, 4) is 5.75 Å². The van der Waals surface area contributed by atoms with Crippen molar-refractivity contribution in [1.82, 2.24) is 0 Å². The summed E-state index contributed by atoms with van der Waals surface area (Å²) >= 11 is 0. The first-order valence-corrected chi connectivity index (χ1v) is 17.6. The topological polar surface area (TPSA) is 80.3 Å². The van der Waals surface area contributed by atoms with Gasteiger partial charge in [-0.15, -0.1) is 0 Å². The number of benzene rings is 1. The van der Waals surface area contributed by atoms with Gasteiger partial charge in [0.15, 0.2) is 11.6 Å². The summed E-state index contributed by atoms with van der Waals surface area (Å²) < 4.78 is 174. The van der Waals surface area contributed by atoms with Gasteiger partial charge < -0.3 is 23.1 Å². The summed E-state index contributed by atoms with van der Waals surface area (Å²) in [6.07, 6.45) is 0.100. The third-order valence-corrected chi connectivity index (χ3v) is 13.3. The van der Waals surface area contributed by atoms with Gasteiger partial charge in [-0.25, -0.2) is 0 Å². The van der Waals surface area contributed by atoms with Crippen molar-refractivity contribution in [2.24, 2.45) is 29.1 Å². The van der Waals surface area contributed by atoms with E-state index in [9.17, 15) is 47.9 Å². The second kappa shape index (κ2) is 11.2. The number of fused-ring (bicyclic) bond motifs is 6. The van der Waals surface area contributed by atoms with Crippen LogP contribution in [0, 0.1) is 29.1 Å². The molecule has 2 heterocycles. The highest BCUT2D eigenvalue weighted by Crippen LogP contribution is 2.70. The van der Waals surface area contributed by atoms with E-state index in [0.29, 0.717) is 57.7 Å². The molecule has 1 aromatic rings. The van der Waals surface area contributed by atoms with Gasteiger partial charge in [-0.2, -0.15) is 47.9 Å². The maximum absolute atomic E-state index is 14.3. The highest BCUT2D eigenvalue weighted by atomic mass is 32.2. The molecule has 2 aliphatic heterocycles. The minimum absolute atomic E-state index is 0.0801. The molecule has 2 saturated heterocycles. The summed E-state index contributed by atoms with van der Waals surface area (Å²) in [4.78, 5) is 0. The molecule has 3 saturated carbocycles. The van der Waals surface area contributed by atoms with Crippen LogP contribution in [0.5, 0.6) is 5.75 Å². The van der Waals surface area contributed by atoms with Crippen LogP contribution in [0.15, 0.2) is 35.9 Å². The Bertz CT molecular complexity index is 1580. The van der Waals surface area contributed by atoms with Gasteiger partial charge in [0.05, 0.1) is 26.4 Å². The Morgan fingerprint density at radius 2 is 1.41 bits per heavy atom. The van der Waals surface area contributed by atoms with Crippen molar-refractivity contribution in [1.29, 1.82) is 0 Å². The van der Waals surface area contributed by atoms with Gasteiger partial charge in [-0.3, -0.25) is 0 Å². The average molecular weight is 735 g/mol. The van der Waals surface area contributed by atoms with Gasteiger partial charge in [-0.1, -0.05) is 30.7 Å². The first-order chi connectivity index (χ1) is 22.7. The Hall–Kier alpha value is -2.08. The molecule has 4 aliphatic carbocycles. The summed E-state index contributed by atoms with van der Waals surface area (Å²) in [5.74, 6) is -16.8. The van der Waals surface area contributed by atoms with Crippen LogP contribution in [0.25, 0.3) is 0 Å². The summed E-state index contributed by atoms with van der Waals surface area (Å²) in [7, 11) is -7.06. The van der Waals surface area contributed by atoms with Gasteiger partial charge in [0.1, 0.15) is 5.75 Å². The number of allylic oxidation sites excluding steroid dienone is 1. The largest absolute Gasteiger partial charge is 0.460 e. The molecular formula is C32H35F9O7S. The van der Waals surface area contributed by atoms with Crippen molar-refractivity contribution in [3.05, 3.63) is 41.5 Å². The minimum atomic E-state index is -7.39. The maximum Gasteiger partial charge on any atom is 0.460 e. The number of ether oxygens (including phenoxy) is 4. The monoisotopic (exact) mass is 734 g/mol. The Kier molecular flexibility index (Phi) is 8.08. The molecule has 2 spiro atoms. The highest BCUT2D eigenvalue weighted by Gasteiger charge is 2.86. The zero-order chi connectivity index (χ0) is 35.5. The van der Waals surface area contributed by atoms with E-state index in [0.717, 1.165) is 31.4 Å². The maximum atomic E-state index is 14.3. The molecule has 17 heteroatoms. The molecule has 0 unspecified atom stereocenters. The Labute approximate surface area is 276 Å². The molecule has 6 aliphatic rings. The molecule has 0 N–H and O–H groups in total. The smallest absolute Gasteiger partial charge is 0.378 e. The summed E-state index contributed by atoms with van der Waals surface area (Å²) in [5, 5.41) is -6.95. The van der Waals surface area contributed by atoms with E-state index >= 15 is 0 Å². The first kappa shape index (κ1) is 35.3. The van der Waals surface area contributed by atoms with E-state index in [-0.39, 0.29) is 29.6 Å². The van der Waals surface area contributed by atoms with Gasteiger partial charge in [-0.05, 0) is 73.0 Å². The zero-order valence-corrected chi connectivity index (χ0v) is 27.0. The van der Waals surface area contributed by atoms with Crippen LogP contribution in [-0.4, -0.2) is 69.7 Å². The third kappa shape index (κ3) is 5.01. The number of hydrogen-bond donors (Lipinski definition) is 0. The van der Waals surface area contributed by atoms with Crippen LogP contribution >= 0.6 is 0 Å². The lowest BCUT2D eigenvalue weighted by Crippen LogP contribution is -2.63. The van der Waals surface area contributed by atoms with Gasteiger partial charge >= 0.3 is 33.4 Å². The molecule has 7 rings (SSSR count). The number of alkyl halides is 9. The number of halogens is 9. The Morgan fingerprint density at radius 1 is 0.796 bits per heavy atom. The van der Waals surface area contributed by atoms with Gasteiger partial charge in [0.25, 0.3) is 0 Å². The minimum Gasteiger partial charge on any atom is -0.378 e. The fraction of sp³-hybridized carbons (Fsp3) is 0.750. The predicted molar refractivity (Wildman–Crippen MR) is 151 cm³/mol. The molecule has 0 aromatic heterocycles. The standard InChI is InChI=1S/C32H35F9O7S/c1-26-17-23(18-2-5-20(6-3-18)48-49(42,43)32(40,41)30(35,36)29(33,34)31(37,38)39)25-21-8-10-27(44-12-13-45-27)16-19(21)4-7-22(25)24(26)9-11-28(26)46-14-15-47-28/h2-6,21-25H,7-17H2,1H3/t21-,22-,23+,24-,25+,26-/m0/s1. The van der Waals surface area contributed by atoms with Crippen LogP contribution in [-0.2, 0) is 29.1 Å². The fourth-order valence-corrected chi connectivity index (χ4v) is 10.7. The highest BCUT2D eigenvalue weighted by molar-refractivity contribution is 7.88. The lowest BCUT2D eigenvalue weighted by molar-refractivity contribution is -0.382. The average Bonchev–Trinajstić information content (AvgIpc) is 3.76. The summed E-state index contributed by atoms with van der Waals surface area (Å²) in [6.45, 7) is 4.03. The molecule has 0 amide bonds. The van der Waals surface area contributed by atoms with Crippen LogP contribution < -0.4 is 4.18 Å². The van der Waals surface area contributed by atoms with Crippen molar-refractivity contribution in [2.75, 3.05) is 26.4 Å². The first-order valence-electron chi connectivity index (χ1n) is 16.2. The molecule has 7 nitrogen and oxygen atoms in total. The number of rotatable bonds is 6. The number of hydrogen-bond acceptors (Lipinski definition) is 7. The predicted octanol–water partition coefficient (Wildman–Crippen LogP) is 7.57. The van der Waals surface area contributed by atoms with Crippen molar-refractivity contribution in [2.45, 2.75) is 92.6 Å². The van der Waals surface area contributed by atoms with Crippen LogP contribution in [0.1, 0.15) is 63.4 Å². The zero-order valence-electron chi connectivity index (χ0n) is 26.2. The van der Waals surface area contributed by atoms with E-state index < -0.39 is 56.1 Å². The van der Waals surface area contributed by atoms with Crippen LogP contribution in [0.3, 0.4) is 0 Å².